The van der Waals surface area contributed by atoms with Crippen molar-refractivity contribution in [2.75, 3.05) is 136 Å². The second kappa shape index (κ2) is 45.2. The predicted molar refractivity (Wildman–Crippen MR) is 470 cm³/mol. The second-order valence-corrected chi connectivity index (χ2v) is 29.9. The number of benzene rings is 6. The molecular weight excluding hydrogens is 1480 g/mol. The first kappa shape index (κ1) is 89.5. The SMILES string of the molecule is CCC(C)Nc1ncc(C(=O)N(C)CC)c(-c2cccc(C)c2)n1.COCCCNc1ncc(C(=O)N2CCCCC2)c(-c2cccc(C)c2)n1.COc1ccc(CCN(C)c2ncc(C(=O)N(C)CC(C)C)c(-c3ccc(C#N)cc3)n2)cc1OC.COc1ccccc1CCNC(=O)c1cnc(N2CCCC2)nc1-c1cccc(C)c1.[HH]. The zero-order valence-electron chi connectivity index (χ0n) is 71.2. The molecule has 118 heavy (non-hydrogen) atoms. The molecule has 0 aliphatic carbocycles. The number of methoxy groups -OCH3 is 4. The van der Waals surface area contributed by atoms with Gasteiger partial charge >= 0.3 is 0 Å². The molecule has 622 valence electrons. The van der Waals surface area contributed by atoms with Crippen LogP contribution in [0.15, 0.2) is 164 Å². The number of hydrogen-bond donors (Lipinski definition) is 3. The number of ether oxygens (including phenoxy) is 4. The minimum Gasteiger partial charge on any atom is -0.496 e. The number of para-hydroxylation sites is 1. The number of aromatic nitrogens is 8. The van der Waals surface area contributed by atoms with Gasteiger partial charge in [0.05, 0.1) is 78.0 Å². The molecule has 2 aliphatic rings. The van der Waals surface area contributed by atoms with Gasteiger partial charge in [-0.1, -0.05) is 128 Å². The number of carbonyl (C=O) groups excluding carboxylic acids is 4. The van der Waals surface area contributed by atoms with Crippen LogP contribution in [0, 0.1) is 38.0 Å². The summed E-state index contributed by atoms with van der Waals surface area (Å²) in [5.41, 5.74) is 14.3. The van der Waals surface area contributed by atoms with Crippen molar-refractivity contribution in [2.45, 2.75) is 119 Å². The quantitative estimate of drug-likeness (QED) is 0.0353. The van der Waals surface area contributed by atoms with Crippen LogP contribution in [0.2, 0.25) is 0 Å². The lowest BCUT2D eigenvalue weighted by Crippen LogP contribution is -2.36. The molecule has 6 heterocycles. The molecule has 12 rings (SSSR count). The lowest BCUT2D eigenvalue weighted by molar-refractivity contribution is 0.0722. The van der Waals surface area contributed by atoms with E-state index in [1.807, 2.05) is 160 Å². The van der Waals surface area contributed by atoms with E-state index < -0.39 is 0 Å². The molecule has 0 spiro atoms. The summed E-state index contributed by atoms with van der Waals surface area (Å²) in [7, 11) is 12.1. The van der Waals surface area contributed by atoms with Gasteiger partial charge in [-0.2, -0.15) is 5.26 Å². The number of likely N-dealkylation sites (N-methyl/N-ethyl adjacent to an activating group) is 1. The Balaban J connectivity index is 0.000000199. The molecule has 0 saturated carbocycles. The minimum atomic E-state index is -0.167. The molecule has 2 aliphatic heterocycles. The summed E-state index contributed by atoms with van der Waals surface area (Å²) < 4.78 is 21.2. The highest BCUT2D eigenvalue weighted by molar-refractivity contribution is 6.02. The van der Waals surface area contributed by atoms with Crippen LogP contribution in [0.25, 0.3) is 45.0 Å². The molecule has 0 bridgehead atoms. The van der Waals surface area contributed by atoms with Gasteiger partial charge in [0.15, 0.2) is 11.5 Å². The Morgan fingerprint density at radius 2 is 1.11 bits per heavy atom. The number of carbonyl (C=O) groups is 4. The third-order valence-electron chi connectivity index (χ3n) is 20.3. The average molecular weight is 1600 g/mol. The van der Waals surface area contributed by atoms with Crippen molar-refractivity contribution in [3.63, 3.8) is 0 Å². The number of rotatable bonds is 30. The number of hydrogen-bond acceptors (Lipinski definition) is 21. The fourth-order valence-corrected chi connectivity index (χ4v) is 13.5. The Bertz CT molecular complexity index is 5010. The topological polar surface area (TPSA) is 284 Å². The van der Waals surface area contributed by atoms with Crippen LogP contribution in [0.1, 0.15) is 156 Å². The molecule has 2 saturated heterocycles. The molecule has 6 aromatic carbocycles. The molecule has 1 unspecified atom stereocenters. The molecule has 2 fully saturated rings. The summed E-state index contributed by atoms with van der Waals surface area (Å²) in [6.07, 6.45) is 15.4. The number of piperidine rings is 1. The van der Waals surface area contributed by atoms with Crippen molar-refractivity contribution in [1.29, 1.82) is 5.26 Å². The van der Waals surface area contributed by atoms with Crippen molar-refractivity contribution in [1.82, 2.24) is 59.9 Å². The number of nitrogens with zero attached hydrogens (tertiary/aromatic N) is 14. The van der Waals surface area contributed by atoms with Gasteiger partial charge in [-0.25, -0.2) is 39.9 Å². The van der Waals surface area contributed by atoms with Crippen LogP contribution >= 0.6 is 0 Å². The molecule has 25 heteroatoms. The highest BCUT2D eigenvalue weighted by Crippen LogP contribution is 2.33. The van der Waals surface area contributed by atoms with Crippen molar-refractivity contribution >= 4 is 47.4 Å². The summed E-state index contributed by atoms with van der Waals surface area (Å²) in [5, 5.41) is 18.7. The van der Waals surface area contributed by atoms with Crippen LogP contribution in [-0.2, 0) is 17.6 Å². The highest BCUT2D eigenvalue weighted by atomic mass is 16.5. The molecule has 3 N–H and O–H groups in total. The molecule has 4 amide bonds. The Hall–Kier alpha value is -12.4. The van der Waals surface area contributed by atoms with E-state index in [9.17, 15) is 24.4 Å². The summed E-state index contributed by atoms with van der Waals surface area (Å²) in [6.45, 7) is 23.7. The maximum Gasteiger partial charge on any atom is 0.257 e. The van der Waals surface area contributed by atoms with E-state index in [2.05, 4.69) is 96.7 Å². The van der Waals surface area contributed by atoms with E-state index >= 15 is 0 Å². The van der Waals surface area contributed by atoms with Gasteiger partial charge in [-0.3, -0.25) is 19.2 Å². The summed E-state index contributed by atoms with van der Waals surface area (Å²) in [6, 6.07) is 47.4. The van der Waals surface area contributed by atoms with Gasteiger partial charge in [0.1, 0.15) is 5.75 Å². The molecule has 10 aromatic rings. The fraction of sp³-hybridized carbons (Fsp3) is 0.387. The zero-order chi connectivity index (χ0) is 84.6. The van der Waals surface area contributed by atoms with Gasteiger partial charge in [0.2, 0.25) is 23.8 Å². The third-order valence-corrected chi connectivity index (χ3v) is 20.3. The van der Waals surface area contributed by atoms with Crippen molar-refractivity contribution < 1.29 is 39.6 Å². The summed E-state index contributed by atoms with van der Waals surface area (Å²) >= 11 is 0. The number of amides is 4. The maximum absolute atomic E-state index is 13.3. The van der Waals surface area contributed by atoms with Gasteiger partial charge in [-0.05, 0) is 158 Å². The number of anilines is 4. The van der Waals surface area contributed by atoms with E-state index in [1.54, 1.807) is 89.3 Å². The van der Waals surface area contributed by atoms with Gasteiger partial charge in [0, 0.05) is 148 Å². The second-order valence-electron chi connectivity index (χ2n) is 29.9. The lowest BCUT2D eigenvalue weighted by Gasteiger charge is -2.27. The van der Waals surface area contributed by atoms with E-state index in [0.717, 1.165) is 133 Å². The number of nitrogens with one attached hydrogen (secondary N) is 3. The van der Waals surface area contributed by atoms with Crippen LogP contribution < -0.4 is 40.0 Å². The van der Waals surface area contributed by atoms with E-state index in [1.165, 1.54) is 6.42 Å². The Labute approximate surface area is 697 Å². The zero-order valence-corrected chi connectivity index (χ0v) is 71.2. The number of nitriles is 1. The van der Waals surface area contributed by atoms with E-state index in [4.69, 9.17) is 28.9 Å². The van der Waals surface area contributed by atoms with Gasteiger partial charge in [-0.15, -0.1) is 0 Å². The Morgan fingerprint density at radius 3 is 1.70 bits per heavy atom. The van der Waals surface area contributed by atoms with Gasteiger partial charge < -0.3 is 59.4 Å². The third kappa shape index (κ3) is 25.3. The standard InChI is InChI=1S/C28H33N5O3.C25H28N4O2.C21H28N4O2.C19H26N4O.H2/c1-19(2)18-33(4)27(34)23-17-30-28(31-26(23)22-10-7-21(16-29)8-11-22)32(3)14-13-20-9-12-24(35-5)25(15-20)36-6;1-18-8-7-10-20(16-18)23-21(17-27-25(28-23)29-14-5-6-15-29)24(30)26-13-12-19-9-3-4-11-22(19)31-2;1-16-8-6-9-17(14-16)19-18(20(26)25-11-4-3-5-12-25)15-23-21(24-19)22-10-7-13-27-2;1-6-14(4)21-19-20-12-16(18(24)23(5)7-2)17(22-19)15-10-8-9-13(3)11-15;/h7-12,15,17,19H,13-14,18H2,1-6H3;3-4,7-11,16-17H,5-6,12-15H2,1-2H3,(H,26,30);6,8-9,14-15H,3-5,7,10-13H2,1-2H3,(H,22,23,24);8-12,14H,6-7H2,1-5H3,(H,20,21,22);1H. The largest absolute Gasteiger partial charge is 0.496 e. The smallest absolute Gasteiger partial charge is 0.257 e. The van der Waals surface area contributed by atoms with Gasteiger partial charge in [0.25, 0.3) is 23.6 Å². The van der Waals surface area contributed by atoms with Crippen LogP contribution in [0.5, 0.6) is 17.2 Å². The fourth-order valence-electron chi connectivity index (χ4n) is 13.5. The van der Waals surface area contributed by atoms with Crippen LogP contribution in [0.4, 0.5) is 23.8 Å². The normalized spacial score (nSPS) is 12.4. The average Bonchev–Trinajstić information content (AvgIpc) is 1.36. The molecule has 0 radical (unpaired) electrons. The van der Waals surface area contributed by atoms with Crippen LogP contribution in [-0.4, -0.2) is 199 Å². The number of likely N-dealkylation sites (tertiary alicyclic amines) is 1. The highest BCUT2D eigenvalue weighted by Gasteiger charge is 2.27. The van der Waals surface area contributed by atoms with Crippen molar-refractivity contribution in [3.05, 3.63) is 220 Å². The maximum atomic E-state index is 13.3. The molecule has 4 aromatic heterocycles. The lowest BCUT2D eigenvalue weighted by atomic mass is 10.0. The summed E-state index contributed by atoms with van der Waals surface area (Å²) in [5.74, 6) is 4.49. The monoisotopic (exact) mass is 1600 g/mol. The summed E-state index contributed by atoms with van der Waals surface area (Å²) in [4.78, 5) is 98.2. The first-order valence-electron chi connectivity index (χ1n) is 40.6. The minimum absolute atomic E-state index is 0. The first-order valence-corrected chi connectivity index (χ1v) is 40.6. The predicted octanol–water partition coefficient (Wildman–Crippen LogP) is 16.0. The number of aryl methyl sites for hydroxylation is 3. The van der Waals surface area contributed by atoms with E-state index in [-0.39, 0.29) is 31.1 Å². The van der Waals surface area contributed by atoms with E-state index in [0.29, 0.717) is 131 Å². The molecule has 25 nitrogen and oxygen atoms in total. The Morgan fingerprint density at radius 1 is 0.551 bits per heavy atom. The van der Waals surface area contributed by atoms with Crippen molar-refractivity contribution in [3.8, 4) is 68.3 Å². The first-order chi connectivity index (χ1) is 57.1. The van der Waals surface area contributed by atoms with Crippen LogP contribution in [0.3, 0.4) is 0 Å². The Kier molecular flexibility index (Phi) is 34.3. The van der Waals surface area contributed by atoms with Crippen molar-refractivity contribution in [2.24, 2.45) is 5.92 Å². The molecular formula is C93H117N17O8. The molecule has 1 atom stereocenters.